The van der Waals surface area contributed by atoms with Crippen molar-refractivity contribution < 1.29 is 9.53 Å². The smallest absolute Gasteiger partial charge is 0.192 e. The number of hydrogen-bond acceptors (Lipinski definition) is 4. The Morgan fingerprint density at radius 2 is 2.00 bits per heavy atom. The predicted octanol–water partition coefficient (Wildman–Crippen LogP) is 4.35. The lowest BCUT2D eigenvalue weighted by Gasteiger charge is -2.37. The molecule has 1 atom stereocenters. The van der Waals surface area contributed by atoms with E-state index in [0.717, 1.165) is 25.8 Å². The lowest BCUT2D eigenvalue weighted by Crippen LogP contribution is -2.45. The normalized spacial score (nSPS) is 14.2. The van der Waals surface area contributed by atoms with Gasteiger partial charge < -0.3 is 14.8 Å². The molecule has 0 saturated heterocycles. The fourth-order valence-electron chi connectivity index (χ4n) is 2.11. The van der Waals surface area contributed by atoms with E-state index in [1.54, 1.807) is 0 Å². The molecule has 1 aromatic heterocycles. The van der Waals surface area contributed by atoms with Crippen LogP contribution in [-0.2, 0) is 10.8 Å². The maximum Gasteiger partial charge on any atom is 0.192 e. The Hall–Kier alpha value is -0.203. The van der Waals surface area contributed by atoms with E-state index in [4.69, 9.17) is 4.43 Å². The molecule has 0 saturated carbocycles. The van der Waals surface area contributed by atoms with Crippen LogP contribution >= 0.6 is 11.3 Å². The SMILES string of the molecule is Cc1ccc(CCCN[C@H](CCO)CO[Si](C)(C)C(C)(C)C)s1. The lowest BCUT2D eigenvalue weighted by atomic mass is 10.2. The summed E-state index contributed by atoms with van der Waals surface area (Å²) in [6.07, 6.45) is 3.01. The molecule has 0 unspecified atom stereocenters. The van der Waals surface area contributed by atoms with Gasteiger partial charge in [-0.3, -0.25) is 0 Å². The van der Waals surface area contributed by atoms with Crippen LogP contribution in [0.4, 0.5) is 0 Å². The van der Waals surface area contributed by atoms with Crippen molar-refractivity contribution in [2.45, 2.75) is 71.1 Å². The highest BCUT2D eigenvalue weighted by atomic mass is 32.1. The summed E-state index contributed by atoms with van der Waals surface area (Å²) in [7, 11) is -1.71. The van der Waals surface area contributed by atoms with Gasteiger partial charge >= 0.3 is 0 Å². The Morgan fingerprint density at radius 1 is 1.30 bits per heavy atom. The van der Waals surface area contributed by atoms with Crippen molar-refractivity contribution in [2.24, 2.45) is 0 Å². The highest BCUT2D eigenvalue weighted by Gasteiger charge is 2.37. The van der Waals surface area contributed by atoms with Gasteiger partial charge in [0.1, 0.15) is 0 Å². The number of hydrogen-bond donors (Lipinski definition) is 2. The van der Waals surface area contributed by atoms with E-state index in [1.165, 1.54) is 9.75 Å². The van der Waals surface area contributed by atoms with E-state index in [0.29, 0.717) is 6.61 Å². The molecular weight excluding hydrogens is 322 g/mol. The van der Waals surface area contributed by atoms with E-state index in [1.807, 2.05) is 11.3 Å². The predicted molar refractivity (Wildman–Crippen MR) is 104 cm³/mol. The lowest BCUT2D eigenvalue weighted by molar-refractivity contribution is 0.202. The molecule has 0 bridgehead atoms. The van der Waals surface area contributed by atoms with Gasteiger partial charge in [0.25, 0.3) is 0 Å². The molecule has 2 N–H and O–H groups in total. The van der Waals surface area contributed by atoms with Gasteiger partial charge in [-0.25, -0.2) is 0 Å². The third-order valence-electron chi connectivity index (χ3n) is 4.76. The number of aryl methyl sites for hydroxylation is 2. The zero-order valence-electron chi connectivity index (χ0n) is 15.7. The Kier molecular flexibility index (Phi) is 8.45. The first-order valence-electron chi connectivity index (χ1n) is 8.69. The van der Waals surface area contributed by atoms with E-state index >= 15 is 0 Å². The number of aliphatic hydroxyl groups is 1. The van der Waals surface area contributed by atoms with Gasteiger partial charge in [-0.2, -0.15) is 0 Å². The summed E-state index contributed by atoms with van der Waals surface area (Å²) < 4.78 is 6.29. The van der Waals surface area contributed by atoms with Gasteiger partial charge in [0.05, 0.1) is 0 Å². The molecule has 1 heterocycles. The van der Waals surface area contributed by atoms with Crippen molar-refractivity contribution in [2.75, 3.05) is 19.8 Å². The van der Waals surface area contributed by atoms with Crippen LogP contribution in [0.15, 0.2) is 12.1 Å². The Morgan fingerprint density at radius 3 is 2.52 bits per heavy atom. The summed E-state index contributed by atoms with van der Waals surface area (Å²) in [4.78, 5) is 2.84. The van der Waals surface area contributed by atoms with Crippen LogP contribution in [0.25, 0.3) is 0 Å². The van der Waals surface area contributed by atoms with Crippen molar-refractivity contribution in [1.82, 2.24) is 5.32 Å². The molecule has 0 amide bonds. The molecule has 23 heavy (non-hydrogen) atoms. The van der Waals surface area contributed by atoms with Crippen LogP contribution in [0.1, 0.15) is 43.4 Å². The summed E-state index contributed by atoms with van der Waals surface area (Å²) in [6, 6.07) is 4.67. The van der Waals surface area contributed by atoms with Crippen LogP contribution in [0.5, 0.6) is 0 Å². The van der Waals surface area contributed by atoms with Crippen LogP contribution in [0.3, 0.4) is 0 Å². The summed E-state index contributed by atoms with van der Waals surface area (Å²) in [5, 5.41) is 13.1. The van der Waals surface area contributed by atoms with Gasteiger partial charge in [-0.05, 0) is 63.0 Å². The first kappa shape index (κ1) is 20.8. The minimum absolute atomic E-state index is 0.211. The standard InChI is InChI=1S/C18H35NO2SSi/c1-15-9-10-17(22-15)8-7-12-19-16(11-13-20)14-21-23(5,6)18(2,3)4/h9-10,16,19-20H,7-8,11-14H2,1-6H3/t16-/m1/s1. The first-order chi connectivity index (χ1) is 10.7. The number of aliphatic hydroxyl groups excluding tert-OH is 1. The molecule has 1 aromatic rings. The van der Waals surface area contributed by atoms with Crippen LogP contribution in [0.2, 0.25) is 18.1 Å². The number of rotatable bonds is 10. The molecule has 0 spiro atoms. The average Bonchev–Trinajstić information content (AvgIpc) is 2.85. The third kappa shape index (κ3) is 7.48. The van der Waals surface area contributed by atoms with Crippen molar-refractivity contribution in [1.29, 1.82) is 0 Å². The van der Waals surface area contributed by atoms with Crippen molar-refractivity contribution in [3.05, 3.63) is 21.9 Å². The number of thiophene rings is 1. The molecule has 0 aliphatic rings. The van der Waals surface area contributed by atoms with Gasteiger partial charge in [0.2, 0.25) is 0 Å². The van der Waals surface area contributed by atoms with Gasteiger partial charge in [-0.15, -0.1) is 11.3 Å². The highest BCUT2D eigenvalue weighted by Crippen LogP contribution is 2.36. The molecule has 0 aliphatic carbocycles. The van der Waals surface area contributed by atoms with E-state index in [9.17, 15) is 5.11 Å². The minimum Gasteiger partial charge on any atom is -0.415 e. The van der Waals surface area contributed by atoms with Crippen LogP contribution < -0.4 is 5.32 Å². The molecular formula is C18H35NO2SSi. The topological polar surface area (TPSA) is 41.5 Å². The maximum atomic E-state index is 9.28. The van der Waals surface area contributed by atoms with E-state index < -0.39 is 8.32 Å². The molecule has 0 radical (unpaired) electrons. The largest absolute Gasteiger partial charge is 0.415 e. The van der Waals surface area contributed by atoms with Crippen molar-refractivity contribution >= 4 is 19.7 Å². The quantitative estimate of drug-likeness (QED) is 0.483. The molecule has 134 valence electrons. The highest BCUT2D eigenvalue weighted by molar-refractivity contribution is 7.11. The fourth-order valence-corrected chi connectivity index (χ4v) is 4.10. The molecule has 0 fully saturated rings. The zero-order chi connectivity index (χ0) is 17.5. The van der Waals surface area contributed by atoms with Gasteiger partial charge in [-0.1, -0.05) is 20.8 Å². The Bertz CT molecular complexity index is 454. The second kappa shape index (κ2) is 9.32. The van der Waals surface area contributed by atoms with Crippen LogP contribution in [0, 0.1) is 6.92 Å². The molecule has 3 nitrogen and oxygen atoms in total. The van der Waals surface area contributed by atoms with Gasteiger partial charge in [0, 0.05) is 29.0 Å². The number of nitrogens with one attached hydrogen (secondary N) is 1. The minimum atomic E-state index is -1.71. The summed E-state index contributed by atoms with van der Waals surface area (Å²) in [5.41, 5.74) is 0. The summed E-state index contributed by atoms with van der Waals surface area (Å²) in [5.74, 6) is 0. The molecule has 0 aromatic carbocycles. The Balaban J connectivity index is 2.34. The molecule has 1 rings (SSSR count). The van der Waals surface area contributed by atoms with Gasteiger partial charge in [0.15, 0.2) is 8.32 Å². The summed E-state index contributed by atoms with van der Waals surface area (Å²) >= 11 is 1.89. The fraction of sp³-hybridized carbons (Fsp3) is 0.778. The maximum absolute atomic E-state index is 9.28. The molecule has 5 heteroatoms. The van der Waals surface area contributed by atoms with E-state index in [2.05, 4.69) is 58.2 Å². The second-order valence-electron chi connectivity index (χ2n) is 7.85. The average molecular weight is 358 g/mol. The molecule has 0 aliphatic heterocycles. The van der Waals surface area contributed by atoms with Crippen LogP contribution in [-0.4, -0.2) is 39.2 Å². The van der Waals surface area contributed by atoms with E-state index in [-0.39, 0.29) is 17.7 Å². The Labute approximate surface area is 147 Å². The second-order valence-corrected chi connectivity index (χ2v) is 14.0. The monoisotopic (exact) mass is 357 g/mol. The third-order valence-corrected chi connectivity index (χ3v) is 10.3. The zero-order valence-corrected chi connectivity index (χ0v) is 17.6. The summed E-state index contributed by atoms with van der Waals surface area (Å²) in [6.45, 7) is 15.4. The first-order valence-corrected chi connectivity index (χ1v) is 12.4. The van der Waals surface area contributed by atoms with Crippen molar-refractivity contribution in [3.63, 3.8) is 0 Å². The van der Waals surface area contributed by atoms with Crippen molar-refractivity contribution in [3.8, 4) is 0 Å².